The largest absolute Gasteiger partial charge is 0.367 e. The molecule has 1 aliphatic rings. The van der Waals surface area contributed by atoms with Crippen molar-refractivity contribution in [2.24, 2.45) is 0 Å². The molecule has 0 aromatic heterocycles. The lowest BCUT2D eigenvalue weighted by atomic mass is 10.2. The van der Waals surface area contributed by atoms with Gasteiger partial charge in [-0.2, -0.15) is 8.42 Å². The number of rotatable bonds is 3. The number of halogens is 1. The first-order chi connectivity index (χ1) is 8.89. The zero-order valence-electron chi connectivity index (χ0n) is 10.5. The van der Waals surface area contributed by atoms with Crippen molar-refractivity contribution in [1.82, 2.24) is 5.32 Å². The van der Waals surface area contributed by atoms with Gasteiger partial charge in [0.05, 0.1) is 11.4 Å². The Morgan fingerprint density at radius 1 is 1.37 bits per heavy atom. The molecule has 1 saturated heterocycles. The van der Waals surface area contributed by atoms with Gasteiger partial charge in [0.15, 0.2) is 0 Å². The van der Waals surface area contributed by atoms with E-state index in [0.29, 0.717) is 23.1 Å². The molecule has 106 valence electrons. The van der Waals surface area contributed by atoms with Gasteiger partial charge in [-0.25, -0.2) is 4.39 Å². The van der Waals surface area contributed by atoms with Crippen molar-refractivity contribution in [1.29, 1.82) is 0 Å². The number of benzene rings is 1. The van der Waals surface area contributed by atoms with Gasteiger partial charge < -0.3 is 10.2 Å². The molecule has 1 aliphatic heterocycles. The Morgan fingerprint density at radius 2 is 2.00 bits per heavy atom. The molecule has 0 spiro atoms. The molecule has 0 amide bonds. The molecule has 0 radical (unpaired) electrons. The summed E-state index contributed by atoms with van der Waals surface area (Å²) in [5, 5.41) is 3.17. The van der Waals surface area contributed by atoms with E-state index in [2.05, 4.69) is 5.32 Å². The van der Waals surface area contributed by atoms with Crippen LogP contribution in [0.4, 0.5) is 15.8 Å². The van der Waals surface area contributed by atoms with Crippen LogP contribution in [0.15, 0.2) is 18.2 Å². The van der Waals surface area contributed by atoms with Gasteiger partial charge in [0.2, 0.25) is 0 Å². The topological polar surface area (TPSA) is 72.9 Å². The predicted octanol–water partition coefficient (Wildman–Crippen LogP) is 0.474. The Bertz CT molecular complexity index is 558. The Kier molecular flexibility index (Phi) is 3.93. The van der Waals surface area contributed by atoms with Gasteiger partial charge in [-0.15, -0.1) is 0 Å². The monoisotopic (exact) mass is 289 g/mol. The summed E-state index contributed by atoms with van der Waals surface area (Å²) in [4.78, 5) is 1.89. The van der Waals surface area contributed by atoms with Crippen LogP contribution in [-0.4, -0.2) is 46.2 Å². The molecule has 6 nitrogen and oxygen atoms in total. The van der Waals surface area contributed by atoms with Crippen LogP contribution in [0.5, 0.6) is 0 Å². The second-order valence-corrected chi connectivity index (χ2v) is 5.76. The second kappa shape index (κ2) is 5.32. The van der Waals surface area contributed by atoms with E-state index >= 15 is 0 Å². The fourth-order valence-corrected chi connectivity index (χ4v) is 2.37. The van der Waals surface area contributed by atoms with Gasteiger partial charge in [-0.05, 0) is 12.1 Å². The minimum Gasteiger partial charge on any atom is -0.367 e. The summed E-state index contributed by atoms with van der Waals surface area (Å²) >= 11 is 0. The molecule has 1 aromatic carbocycles. The Morgan fingerprint density at radius 3 is 2.53 bits per heavy atom. The van der Waals surface area contributed by atoms with Crippen molar-refractivity contribution >= 4 is 21.7 Å². The normalized spacial score (nSPS) is 16.5. The fraction of sp³-hybridized carbons (Fsp3) is 0.455. The van der Waals surface area contributed by atoms with E-state index in [1.807, 2.05) is 4.90 Å². The molecule has 0 aliphatic carbocycles. The smallest absolute Gasteiger partial charge is 0.359 e. The highest BCUT2D eigenvalue weighted by Crippen LogP contribution is 2.25. The zero-order valence-corrected chi connectivity index (χ0v) is 11.3. The van der Waals surface area contributed by atoms with E-state index in [1.54, 1.807) is 0 Å². The average molecular weight is 289 g/mol. The van der Waals surface area contributed by atoms with Crippen LogP contribution < -0.4 is 14.5 Å². The predicted molar refractivity (Wildman–Crippen MR) is 71.4 cm³/mol. The van der Waals surface area contributed by atoms with Gasteiger partial charge in [0.25, 0.3) is 0 Å². The fourth-order valence-electron chi connectivity index (χ4n) is 1.99. The summed E-state index contributed by atoms with van der Waals surface area (Å²) in [7, 11) is -3.21. The average Bonchev–Trinajstić information content (AvgIpc) is 2.37. The van der Waals surface area contributed by atoms with Crippen molar-refractivity contribution in [2.45, 2.75) is 0 Å². The van der Waals surface area contributed by atoms with E-state index in [1.165, 1.54) is 12.1 Å². The number of hydrogen-bond acceptors (Lipinski definition) is 4. The zero-order chi connectivity index (χ0) is 14.0. The molecular formula is C11H16FN3O3S. The van der Waals surface area contributed by atoms with Gasteiger partial charge in [0.1, 0.15) is 5.82 Å². The molecule has 19 heavy (non-hydrogen) atoms. The number of nitrogens with one attached hydrogen (secondary N) is 1. The maximum Gasteiger partial charge on any atom is 0.359 e. The molecule has 0 unspecified atom stereocenters. The molecule has 0 bridgehead atoms. The quantitative estimate of drug-likeness (QED) is 0.792. The maximum atomic E-state index is 14.0. The Hall–Kier alpha value is -1.38. The third-order valence-electron chi connectivity index (χ3n) is 3.10. The van der Waals surface area contributed by atoms with E-state index in [4.69, 9.17) is 4.55 Å². The number of hydrogen-bond donors (Lipinski definition) is 2. The standard InChI is InChI=1S/C11H16FN3O3S/c1-14(19(16,17)18)9-2-3-11(10(12)8-9)15-6-4-13-5-7-15/h2-3,8,13H,4-7H2,1H3,(H,16,17,18). The summed E-state index contributed by atoms with van der Waals surface area (Å²) < 4.78 is 45.5. The van der Waals surface area contributed by atoms with Crippen LogP contribution in [0.25, 0.3) is 0 Å². The lowest BCUT2D eigenvalue weighted by Gasteiger charge is -2.30. The maximum absolute atomic E-state index is 14.0. The van der Waals surface area contributed by atoms with Crippen LogP contribution in [0.1, 0.15) is 0 Å². The van der Waals surface area contributed by atoms with Gasteiger partial charge >= 0.3 is 10.3 Å². The third-order valence-corrected chi connectivity index (χ3v) is 4.00. The number of nitrogens with zero attached hydrogens (tertiary/aromatic N) is 2. The van der Waals surface area contributed by atoms with E-state index in [0.717, 1.165) is 26.2 Å². The van der Waals surface area contributed by atoms with Gasteiger partial charge in [-0.3, -0.25) is 8.86 Å². The summed E-state index contributed by atoms with van der Waals surface area (Å²) in [5.74, 6) is -0.505. The number of anilines is 2. The van der Waals surface area contributed by atoms with Crippen molar-refractivity contribution in [3.63, 3.8) is 0 Å². The molecule has 0 saturated carbocycles. The first kappa shape index (κ1) is 14.0. The van der Waals surface area contributed by atoms with Crippen LogP contribution in [-0.2, 0) is 10.3 Å². The second-order valence-electron chi connectivity index (χ2n) is 4.32. The van der Waals surface area contributed by atoms with E-state index < -0.39 is 16.1 Å². The van der Waals surface area contributed by atoms with Crippen molar-refractivity contribution < 1.29 is 17.4 Å². The van der Waals surface area contributed by atoms with Gasteiger partial charge in [-0.1, -0.05) is 0 Å². The van der Waals surface area contributed by atoms with Crippen LogP contribution in [0.3, 0.4) is 0 Å². The lowest BCUT2D eigenvalue weighted by molar-refractivity contribution is 0.481. The summed E-state index contributed by atoms with van der Waals surface area (Å²) in [5.41, 5.74) is 0.521. The van der Waals surface area contributed by atoms with E-state index in [9.17, 15) is 12.8 Å². The Labute approximate surface area is 111 Å². The van der Waals surface area contributed by atoms with Crippen LogP contribution in [0.2, 0.25) is 0 Å². The van der Waals surface area contributed by atoms with Crippen LogP contribution >= 0.6 is 0 Å². The molecule has 1 heterocycles. The summed E-state index contributed by atoms with van der Waals surface area (Å²) in [6, 6.07) is 4.09. The highest BCUT2D eigenvalue weighted by molar-refractivity contribution is 7.87. The molecule has 0 atom stereocenters. The highest BCUT2D eigenvalue weighted by atomic mass is 32.2. The van der Waals surface area contributed by atoms with Crippen molar-refractivity contribution in [3.05, 3.63) is 24.0 Å². The minimum atomic E-state index is -4.37. The number of piperazine rings is 1. The molecule has 1 aromatic rings. The lowest BCUT2D eigenvalue weighted by Crippen LogP contribution is -2.43. The molecule has 1 fully saturated rings. The van der Waals surface area contributed by atoms with Gasteiger partial charge in [0, 0.05) is 39.3 Å². The summed E-state index contributed by atoms with van der Waals surface area (Å²) in [6.07, 6.45) is 0. The van der Waals surface area contributed by atoms with Crippen molar-refractivity contribution in [3.8, 4) is 0 Å². The third kappa shape index (κ3) is 3.14. The van der Waals surface area contributed by atoms with Crippen LogP contribution in [0, 0.1) is 5.82 Å². The molecule has 8 heteroatoms. The first-order valence-electron chi connectivity index (χ1n) is 5.86. The molecule has 2 rings (SSSR count). The molecule has 2 N–H and O–H groups in total. The minimum absolute atomic E-state index is 0.0823. The highest BCUT2D eigenvalue weighted by Gasteiger charge is 2.18. The van der Waals surface area contributed by atoms with Crippen molar-refractivity contribution in [2.75, 3.05) is 42.4 Å². The Balaban J connectivity index is 2.26. The summed E-state index contributed by atoms with van der Waals surface area (Å²) in [6.45, 7) is 2.97. The first-order valence-corrected chi connectivity index (χ1v) is 7.26. The SMILES string of the molecule is CN(c1ccc(N2CCNCC2)c(F)c1)S(=O)(=O)O. The molecular weight excluding hydrogens is 273 g/mol. The van der Waals surface area contributed by atoms with E-state index in [-0.39, 0.29) is 5.69 Å².